The third-order valence-electron chi connectivity index (χ3n) is 7.97. The molecule has 3 amide bonds. The van der Waals surface area contributed by atoms with E-state index >= 15 is 0 Å². The second-order valence-corrected chi connectivity index (χ2v) is 11.3. The topological polar surface area (TPSA) is 137 Å². The Balaban J connectivity index is 1.39. The molecule has 2 N–H and O–H groups in total. The molecule has 0 saturated carbocycles. The lowest BCUT2D eigenvalue weighted by Gasteiger charge is -2.34. The molecule has 0 aromatic carbocycles. The highest BCUT2D eigenvalue weighted by Crippen LogP contribution is 2.38. The van der Waals surface area contributed by atoms with E-state index in [2.05, 4.69) is 35.5 Å². The fraction of sp³-hybridized carbons (Fsp3) is 0.484. The van der Waals surface area contributed by atoms with Gasteiger partial charge in [-0.3, -0.25) is 19.8 Å². The number of anilines is 2. The van der Waals surface area contributed by atoms with Crippen molar-refractivity contribution in [2.24, 2.45) is 0 Å². The number of rotatable bonds is 9. The molecule has 0 unspecified atom stereocenters. The lowest BCUT2D eigenvalue weighted by atomic mass is 10.1. The van der Waals surface area contributed by atoms with Crippen LogP contribution in [0.5, 0.6) is 0 Å². The van der Waals surface area contributed by atoms with Crippen LogP contribution in [-0.2, 0) is 27.0 Å². The highest BCUT2D eigenvalue weighted by molar-refractivity contribution is 5.91. The normalized spacial score (nSPS) is 16.1. The van der Waals surface area contributed by atoms with E-state index in [0.717, 1.165) is 37.1 Å². The van der Waals surface area contributed by atoms with E-state index in [1.165, 1.54) is 6.08 Å². The number of fused-ring (bicyclic) bond motifs is 1. The number of halogens is 3. The molecule has 0 bridgehead atoms. The highest BCUT2D eigenvalue weighted by Gasteiger charge is 2.36. The highest BCUT2D eigenvalue weighted by atomic mass is 19.4. The summed E-state index contributed by atoms with van der Waals surface area (Å²) in [6.07, 6.45) is 3.02. The molecule has 2 aliphatic heterocycles. The smallest absolute Gasteiger partial charge is 0.417 e. The Bertz CT molecular complexity index is 1630. The Labute approximate surface area is 269 Å². The first-order valence-corrected chi connectivity index (χ1v) is 15.6. The lowest BCUT2D eigenvalue weighted by molar-refractivity contribution is -0.137. The SMILES string of the molecule is C/C=C\C(=O)NCC(=O)N1CCN(Cc2cc3c(N4CCCCC4)nc(-c4cnc(NC(=O)OCC)cc4C(F)(F)F)nn3c2)CC1. The molecule has 16 heteroatoms. The van der Waals surface area contributed by atoms with Crippen molar-refractivity contribution in [3.63, 3.8) is 0 Å². The average molecular weight is 658 g/mol. The third kappa shape index (κ3) is 8.36. The Morgan fingerprint density at radius 2 is 1.79 bits per heavy atom. The van der Waals surface area contributed by atoms with Gasteiger partial charge in [0.25, 0.3) is 0 Å². The Kier molecular flexibility index (Phi) is 10.6. The molecule has 0 aliphatic carbocycles. The van der Waals surface area contributed by atoms with Crippen LogP contribution in [0.1, 0.15) is 44.2 Å². The molecule has 3 aromatic heterocycles. The molecular formula is C31H38F3N9O4. The molecule has 5 rings (SSSR count). The van der Waals surface area contributed by atoms with E-state index in [-0.39, 0.29) is 42.2 Å². The summed E-state index contributed by atoms with van der Waals surface area (Å²) in [4.78, 5) is 50.7. The number of allylic oxidation sites excluding steroid dienone is 1. The Morgan fingerprint density at radius 3 is 2.47 bits per heavy atom. The summed E-state index contributed by atoms with van der Waals surface area (Å²) in [5.41, 5.74) is 0.226. The number of pyridine rings is 1. The Hall–Kier alpha value is -4.73. The van der Waals surface area contributed by atoms with E-state index < -0.39 is 17.8 Å². The predicted octanol–water partition coefficient (Wildman–Crippen LogP) is 3.71. The molecular weight excluding hydrogens is 619 g/mol. The van der Waals surface area contributed by atoms with Crippen molar-refractivity contribution < 1.29 is 32.3 Å². The number of hydrogen-bond donors (Lipinski definition) is 2. The van der Waals surface area contributed by atoms with Crippen molar-refractivity contribution >= 4 is 35.1 Å². The van der Waals surface area contributed by atoms with Crippen LogP contribution in [0, 0.1) is 0 Å². The maximum atomic E-state index is 14.3. The van der Waals surface area contributed by atoms with Crippen molar-refractivity contribution in [1.82, 2.24) is 34.7 Å². The molecule has 3 aromatic rings. The summed E-state index contributed by atoms with van der Waals surface area (Å²) in [7, 11) is 0. The van der Waals surface area contributed by atoms with Crippen molar-refractivity contribution in [1.29, 1.82) is 0 Å². The Morgan fingerprint density at radius 1 is 1.04 bits per heavy atom. The van der Waals surface area contributed by atoms with Crippen molar-refractivity contribution in [3.05, 3.63) is 47.8 Å². The maximum absolute atomic E-state index is 14.3. The summed E-state index contributed by atoms with van der Waals surface area (Å²) in [5, 5.41) is 9.31. The molecule has 47 heavy (non-hydrogen) atoms. The second kappa shape index (κ2) is 14.8. The number of alkyl halides is 3. The van der Waals surface area contributed by atoms with Crippen LogP contribution in [-0.4, -0.2) is 99.7 Å². The van der Waals surface area contributed by atoms with E-state index in [4.69, 9.17) is 4.74 Å². The van der Waals surface area contributed by atoms with Gasteiger partial charge in [-0.25, -0.2) is 19.3 Å². The average Bonchev–Trinajstić information content (AvgIpc) is 3.46. The van der Waals surface area contributed by atoms with Crippen molar-refractivity contribution in [3.8, 4) is 11.4 Å². The fourth-order valence-electron chi connectivity index (χ4n) is 5.68. The van der Waals surface area contributed by atoms with E-state index in [1.807, 2.05) is 6.07 Å². The third-order valence-corrected chi connectivity index (χ3v) is 7.97. The predicted molar refractivity (Wildman–Crippen MR) is 168 cm³/mol. The summed E-state index contributed by atoms with van der Waals surface area (Å²) in [6.45, 7) is 7.50. The fourth-order valence-corrected chi connectivity index (χ4v) is 5.68. The van der Waals surface area contributed by atoms with Crippen LogP contribution in [0.4, 0.5) is 29.6 Å². The van der Waals surface area contributed by atoms with Crippen LogP contribution in [0.3, 0.4) is 0 Å². The number of nitrogens with zero attached hydrogens (tertiary/aromatic N) is 7. The van der Waals surface area contributed by atoms with Crippen LogP contribution < -0.4 is 15.5 Å². The number of amides is 3. The second-order valence-electron chi connectivity index (χ2n) is 11.3. The standard InChI is InChI=1S/C31H38F3N9O4/c1-3-8-26(44)36-18-27(45)41-13-11-40(12-14-41)19-21-15-24-29(42-9-6-5-7-10-42)38-28(39-43(24)20-21)22-17-35-25(37-30(46)47-4-2)16-23(22)31(32,33)34/h3,8,15-17,20H,4-7,9-14,18-19H2,1-2H3,(H,36,44)(H,35,37,46)/b8-3-. The van der Waals surface area contributed by atoms with Gasteiger partial charge in [-0.1, -0.05) is 6.08 Å². The molecule has 0 radical (unpaired) electrons. The zero-order chi connectivity index (χ0) is 33.6. The van der Waals surface area contributed by atoms with Crippen LogP contribution >= 0.6 is 0 Å². The van der Waals surface area contributed by atoms with Gasteiger partial charge in [-0.05, 0) is 56.9 Å². The molecule has 0 spiro atoms. The van der Waals surface area contributed by atoms with Crippen LogP contribution in [0.2, 0.25) is 0 Å². The lowest BCUT2D eigenvalue weighted by Crippen LogP contribution is -2.50. The van der Waals surface area contributed by atoms with Crippen molar-refractivity contribution in [2.75, 3.05) is 62.6 Å². The first kappa shape index (κ1) is 33.6. The van der Waals surface area contributed by atoms with Gasteiger partial charge in [0.1, 0.15) is 11.3 Å². The molecule has 0 atom stereocenters. The minimum Gasteiger partial charge on any atom is -0.450 e. The first-order valence-electron chi connectivity index (χ1n) is 15.6. The van der Waals surface area contributed by atoms with Gasteiger partial charge in [0.2, 0.25) is 11.8 Å². The number of carbonyl (C=O) groups is 3. The molecule has 2 aliphatic rings. The monoisotopic (exact) mass is 657 g/mol. The number of hydrogen-bond acceptors (Lipinski definition) is 9. The van der Waals surface area contributed by atoms with Crippen LogP contribution in [0.25, 0.3) is 16.9 Å². The molecule has 5 heterocycles. The number of piperazine rings is 1. The van der Waals surface area contributed by atoms with Gasteiger partial charge >= 0.3 is 12.3 Å². The van der Waals surface area contributed by atoms with Gasteiger partial charge in [0, 0.05) is 58.2 Å². The number of piperidine rings is 1. The van der Waals surface area contributed by atoms with Crippen molar-refractivity contribution in [2.45, 2.75) is 45.8 Å². The largest absolute Gasteiger partial charge is 0.450 e. The van der Waals surface area contributed by atoms with E-state index in [1.54, 1.807) is 35.5 Å². The van der Waals surface area contributed by atoms with Gasteiger partial charge in [0.05, 0.1) is 24.3 Å². The van der Waals surface area contributed by atoms with E-state index in [0.29, 0.717) is 57.1 Å². The molecule has 2 saturated heterocycles. The zero-order valence-electron chi connectivity index (χ0n) is 26.3. The summed E-state index contributed by atoms with van der Waals surface area (Å²) in [6, 6.07) is 2.71. The minimum atomic E-state index is -4.78. The van der Waals surface area contributed by atoms with Gasteiger partial charge in [0.15, 0.2) is 11.6 Å². The number of ether oxygens (including phenoxy) is 1. The molecule has 13 nitrogen and oxygen atoms in total. The van der Waals surface area contributed by atoms with Gasteiger partial charge in [-0.2, -0.15) is 13.2 Å². The molecule has 2 fully saturated rings. The number of nitrogens with one attached hydrogen (secondary N) is 2. The number of aromatic nitrogens is 4. The van der Waals surface area contributed by atoms with E-state index in [9.17, 15) is 27.6 Å². The summed E-state index contributed by atoms with van der Waals surface area (Å²) >= 11 is 0. The molecule has 252 valence electrons. The maximum Gasteiger partial charge on any atom is 0.417 e. The number of carbonyl (C=O) groups excluding carboxylic acids is 3. The van der Waals surface area contributed by atoms with Crippen LogP contribution in [0.15, 0.2) is 36.7 Å². The van der Waals surface area contributed by atoms with Gasteiger partial charge < -0.3 is 19.9 Å². The quantitative estimate of drug-likeness (QED) is 0.330. The van der Waals surface area contributed by atoms with Gasteiger partial charge in [-0.15, -0.1) is 5.10 Å². The minimum absolute atomic E-state index is 0.0518. The zero-order valence-corrected chi connectivity index (χ0v) is 26.3. The first-order chi connectivity index (χ1) is 22.5. The summed E-state index contributed by atoms with van der Waals surface area (Å²) in [5.74, 6) is -0.372. The summed E-state index contributed by atoms with van der Waals surface area (Å²) < 4.78 is 49.3.